The second-order valence-electron chi connectivity index (χ2n) is 1.33. The van der Waals surface area contributed by atoms with Crippen molar-refractivity contribution < 1.29 is 14.6 Å². The number of hydrogen-bond donors (Lipinski definition) is 0. The lowest BCUT2D eigenvalue weighted by Crippen LogP contribution is -2.01. The summed E-state index contributed by atoms with van der Waals surface area (Å²) >= 11 is 0. The Hall–Kier alpha value is -1.08. The van der Waals surface area contributed by atoms with E-state index in [0.29, 0.717) is 0 Å². The van der Waals surface area contributed by atoms with Gasteiger partial charge in [0.15, 0.2) is 0 Å². The fourth-order valence-corrected chi connectivity index (χ4v) is 0.273. The van der Waals surface area contributed by atoms with Gasteiger partial charge in [0.1, 0.15) is 6.61 Å². The molecular weight excluding hydrogens is 122 g/mol. The van der Waals surface area contributed by atoms with Gasteiger partial charge in [-0.15, -0.1) is 0 Å². The molecule has 0 unspecified atom stereocenters. The smallest absolute Gasteiger partial charge is 0.357 e. The predicted octanol–water partition coefficient (Wildman–Crippen LogP) is -0.126. The van der Waals surface area contributed by atoms with Crippen LogP contribution in [-0.4, -0.2) is 19.2 Å². The van der Waals surface area contributed by atoms with Crippen molar-refractivity contribution in [1.29, 1.82) is 5.26 Å². The van der Waals surface area contributed by atoms with E-state index in [1.165, 1.54) is 0 Å². The van der Waals surface area contributed by atoms with E-state index in [4.69, 9.17) is 5.26 Å². The van der Waals surface area contributed by atoms with Crippen molar-refractivity contribution in [2.24, 2.45) is 0 Å². The normalized spacial score (nSPS) is 8.33. The van der Waals surface area contributed by atoms with Crippen LogP contribution in [0.2, 0.25) is 0 Å². The van der Waals surface area contributed by atoms with E-state index in [1.54, 1.807) is 6.07 Å². The third kappa shape index (κ3) is 6.92. The van der Waals surface area contributed by atoms with Crippen molar-refractivity contribution in [1.82, 2.24) is 0 Å². The van der Waals surface area contributed by atoms with Gasteiger partial charge >= 0.3 is 5.97 Å². The molecule has 1 radical (unpaired) electrons. The Morgan fingerprint density at radius 3 is 2.78 bits per heavy atom. The van der Waals surface area contributed by atoms with Crippen LogP contribution < -0.4 is 0 Å². The lowest BCUT2D eigenvalue weighted by molar-refractivity contribution is -0.144. The van der Waals surface area contributed by atoms with Gasteiger partial charge in [-0.05, 0) is 0 Å². The molecule has 0 aromatic heterocycles. The van der Waals surface area contributed by atoms with E-state index in [-0.39, 0.29) is 19.6 Å². The molecular formula is C5H6NO3. The zero-order chi connectivity index (χ0) is 7.11. The number of nitrogens with zero attached hydrogens (tertiary/aromatic N) is 1. The van der Waals surface area contributed by atoms with Crippen LogP contribution in [0.25, 0.3) is 0 Å². The van der Waals surface area contributed by atoms with Crippen LogP contribution in [0.1, 0.15) is 6.42 Å². The minimum absolute atomic E-state index is 0.0515. The summed E-state index contributed by atoms with van der Waals surface area (Å²) in [5.74, 6) is -1.16. The van der Waals surface area contributed by atoms with Crippen molar-refractivity contribution in [3.63, 3.8) is 0 Å². The molecule has 0 aromatic rings. The number of ether oxygens (including phenoxy) is 1. The molecule has 0 bridgehead atoms. The average molecular weight is 128 g/mol. The summed E-state index contributed by atoms with van der Waals surface area (Å²) in [4.78, 5) is 9.69. The van der Waals surface area contributed by atoms with E-state index in [1.807, 2.05) is 0 Å². The lowest BCUT2D eigenvalue weighted by Gasteiger charge is -1.90. The maximum Gasteiger partial charge on any atom is 0.357 e. The van der Waals surface area contributed by atoms with Gasteiger partial charge in [0.05, 0.1) is 19.1 Å². The summed E-state index contributed by atoms with van der Waals surface area (Å²) in [5, 5.41) is 17.6. The quantitative estimate of drug-likeness (QED) is 0.495. The summed E-state index contributed by atoms with van der Waals surface area (Å²) < 4.78 is 4.51. The molecule has 0 aliphatic carbocycles. The first-order valence-corrected chi connectivity index (χ1v) is 2.42. The number of hydrogen-bond acceptors (Lipinski definition) is 3. The molecule has 0 aliphatic heterocycles. The number of carbonyl (C=O) groups excluding carboxylic acids is 1. The van der Waals surface area contributed by atoms with Crippen LogP contribution in [0, 0.1) is 11.3 Å². The highest BCUT2D eigenvalue weighted by atomic mass is 16.5. The fourth-order valence-electron chi connectivity index (χ4n) is 0.273. The second-order valence-corrected chi connectivity index (χ2v) is 1.33. The Morgan fingerprint density at radius 2 is 2.33 bits per heavy atom. The number of carbonyl (C=O) groups is 1. The van der Waals surface area contributed by atoms with Crippen LogP contribution >= 0.6 is 0 Å². The van der Waals surface area contributed by atoms with Crippen molar-refractivity contribution >= 4 is 5.97 Å². The van der Waals surface area contributed by atoms with E-state index in [2.05, 4.69) is 4.74 Å². The zero-order valence-electron chi connectivity index (χ0n) is 4.79. The molecule has 9 heavy (non-hydrogen) atoms. The van der Waals surface area contributed by atoms with Gasteiger partial charge in [0, 0.05) is 0 Å². The summed E-state index contributed by atoms with van der Waals surface area (Å²) in [5.41, 5.74) is 0. The van der Waals surface area contributed by atoms with E-state index < -0.39 is 5.97 Å². The minimum atomic E-state index is -1.16. The highest BCUT2D eigenvalue weighted by Gasteiger charge is 1.96. The number of rotatable bonds is 4. The van der Waals surface area contributed by atoms with Crippen molar-refractivity contribution in [2.45, 2.75) is 6.42 Å². The molecule has 0 spiro atoms. The first-order chi connectivity index (χ1) is 4.27. The Kier molecular flexibility index (Phi) is 4.46. The lowest BCUT2D eigenvalue weighted by atomic mass is 10.5. The van der Waals surface area contributed by atoms with Crippen LogP contribution in [0.5, 0.6) is 0 Å². The second kappa shape index (κ2) is 5.06. The minimum Gasteiger partial charge on any atom is -0.366 e. The molecule has 0 saturated carbocycles. The largest absolute Gasteiger partial charge is 0.366 e. The van der Waals surface area contributed by atoms with Crippen LogP contribution in [0.4, 0.5) is 0 Å². The van der Waals surface area contributed by atoms with E-state index in [9.17, 15) is 9.90 Å². The zero-order valence-corrected chi connectivity index (χ0v) is 4.79. The molecule has 0 amide bonds. The summed E-state index contributed by atoms with van der Waals surface area (Å²) in [6.45, 7) is -0.0107. The van der Waals surface area contributed by atoms with E-state index >= 15 is 0 Å². The van der Waals surface area contributed by atoms with Crippen molar-refractivity contribution in [3.8, 4) is 6.07 Å². The van der Waals surface area contributed by atoms with Crippen LogP contribution in [-0.2, 0) is 14.6 Å². The molecule has 0 aliphatic rings. The molecule has 0 N–H and O–H groups in total. The predicted molar refractivity (Wildman–Crippen MR) is 26.7 cm³/mol. The Balaban J connectivity index is 2.94. The summed E-state index contributed by atoms with van der Waals surface area (Å²) in [7, 11) is 0. The summed E-state index contributed by atoms with van der Waals surface area (Å²) in [6, 6.07) is 1.71. The third-order valence-electron chi connectivity index (χ3n) is 0.617. The molecule has 4 heteroatoms. The SMILES string of the molecule is N#CCOCCC([O])=O. The fraction of sp³-hybridized carbons (Fsp3) is 0.600. The molecule has 0 saturated heterocycles. The monoisotopic (exact) mass is 128 g/mol. The van der Waals surface area contributed by atoms with E-state index in [0.717, 1.165) is 0 Å². The number of nitriles is 1. The van der Waals surface area contributed by atoms with Gasteiger partial charge in [-0.25, -0.2) is 9.90 Å². The van der Waals surface area contributed by atoms with Crippen LogP contribution in [0.15, 0.2) is 0 Å². The molecule has 0 aromatic carbocycles. The van der Waals surface area contributed by atoms with Gasteiger partial charge in [0.2, 0.25) is 0 Å². The van der Waals surface area contributed by atoms with Gasteiger partial charge < -0.3 is 4.74 Å². The highest BCUT2D eigenvalue weighted by molar-refractivity contribution is 5.66. The maximum absolute atomic E-state index is 9.69. The molecule has 0 heterocycles. The first-order valence-electron chi connectivity index (χ1n) is 2.42. The van der Waals surface area contributed by atoms with Crippen molar-refractivity contribution in [3.05, 3.63) is 0 Å². The van der Waals surface area contributed by atoms with Gasteiger partial charge in [0.25, 0.3) is 0 Å². The topological polar surface area (TPSA) is 70.0 Å². The van der Waals surface area contributed by atoms with Crippen LogP contribution in [0.3, 0.4) is 0 Å². The molecule has 4 nitrogen and oxygen atoms in total. The Bertz CT molecular complexity index is 127. The molecule has 49 valence electrons. The maximum atomic E-state index is 9.69. The Labute approximate surface area is 52.7 Å². The van der Waals surface area contributed by atoms with Crippen molar-refractivity contribution in [2.75, 3.05) is 13.2 Å². The standard InChI is InChI=1S/C5H6NO3/c6-2-4-9-3-1-5(7)8/h1,3-4H2. The third-order valence-corrected chi connectivity index (χ3v) is 0.617. The van der Waals surface area contributed by atoms with Gasteiger partial charge in [-0.3, -0.25) is 0 Å². The Morgan fingerprint density at radius 1 is 1.67 bits per heavy atom. The summed E-state index contributed by atoms with van der Waals surface area (Å²) in [6.07, 6.45) is -0.151. The highest BCUT2D eigenvalue weighted by Crippen LogP contribution is 1.80. The molecule has 0 atom stereocenters. The molecule has 0 rings (SSSR count). The molecule has 0 fully saturated rings. The van der Waals surface area contributed by atoms with Gasteiger partial charge in [-0.1, -0.05) is 0 Å². The van der Waals surface area contributed by atoms with Gasteiger partial charge in [-0.2, -0.15) is 5.26 Å². The first kappa shape index (κ1) is 7.92. The average Bonchev–Trinajstić information content (AvgIpc) is 1.80.